The van der Waals surface area contributed by atoms with Crippen LogP contribution in [0.1, 0.15) is 16.8 Å². The van der Waals surface area contributed by atoms with Crippen LogP contribution in [0, 0.1) is 6.92 Å². The Morgan fingerprint density at radius 3 is 2.90 bits per heavy atom. The summed E-state index contributed by atoms with van der Waals surface area (Å²) in [6.07, 6.45) is 1.33. The van der Waals surface area contributed by atoms with Gasteiger partial charge in [-0.1, -0.05) is 17.7 Å². The van der Waals surface area contributed by atoms with Crippen LogP contribution in [0.2, 0.25) is 0 Å². The SMILES string of the molecule is Cc1ccc(NC(=O)[C@@H]2CC(=O)n3ncnc3N2)cc1. The Labute approximate surface area is 115 Å². The van der Waals surface area contributed by atoms with Crippen molar-refractivity contribution in [3.63, 3.8) is 0 Å². The Morgan fingerprint density at radius 1 is 1.40 bits per heavy atom. The van der Waals surface area contributed by atoms with E-state index in [1.807, 2.05) is 31.2 Å². The van der Waals surface area contributed by atoms with Gasteiger partial charge in [0.2, 0.25) is 11.9 Å². The van der Waals surface area contributed by atoms with Crippen molar-refractivity contribution in [2.45, 2.75) is 19.4 Å². The van der Waals surface area contributed by atoms with E-state index in [0.29, 0.717) is 11.6 Å². The lowest BCUT2D eigenvalue weighted by atomic mass is 10.1. The number of anilines is 2. The van der Waals surface area contributed by atoms with Crippen molar-refractivity contribution < 1.29 is 9.59 Å². The Balaban J connectivity index is 1.73. The van der Waals surface area contributed by atoms with Crippen LogP contribution >= 0.6 is 0 Å². The summed E-state index contributed by atoms with van der Waals surface area (Å²) in [5, 5.41) is 9.45. The average Bonchev–Trinajstić information content (AvgIpc) is 2.90. The summed E-state index contributed by atoms with van der Waals surface area (Å²) in [6, 6.07) is 6.82. The first-order chi connectivity index (χ1) is 9.63. The number of benzene rings is 1. The fourth-order valence-corrected chi connectivity index (χ4v) is 2.01. The van der Waals surface area contributed by atoms with E-state index in [1.165, 1.54) is 6.33 Å². The molecule has 0 aliphatic carbocycles. The summed E-state index contributed by atoms with van der Waals surface area (Å²) in [5.41, 5.74) is 1.81. The number of carbonyl (C=O) groups excluding carboxylic acids is 2. The maximum absolute atomic E-state index is 12.1. The van der Waals surface area contributed by atoms with Gasteiger partial charge in [0.15, 0.2) is 0 Å². The molecule has 1 aliphatic rings. The highest BCUT2D eigenvalue weighted by Crippen LogP contribution is 2.16. The minimum Gasteiger partial charge on any atom is -0.342 e. The number of nitrogens with one attached hydrogen (secondary N) is 2. The molecule has 0 bridgehead atoms. The van der Waals surface area contributed by atoms with Crippen LogP contribution in [0.15, 0.2) is 30.6 Å². The molecule has 2 aromatic rings. The number of amides is 1. The monoisotopic (exact) mass is 271 g/mol. The predicted molar refractivity (Wildman–Crippen MR) is 72.5 cm³/mol. The van der Waals surface area contributed by atoms with E-state index in [2.05, 4.69) is 20.7 Å². The molecule has 1 aromatic carbocycles. The summed E-state index contributed by atoms with van der Waals surface area (Å²) in [5.74, 6) is -0.220. The van der Waals surface area contributed by atoms with E-state index in [1.54, 1.807) is 0 Å². The molecule has 2 N–H and O–H groups in total. The van der Waals surface area contributed by atoms with Crippen molar-refractivity contribution in [2.75, 3.05) is 10.6 Å². The van der Waals surface area contributed by atoms with Crippen LogP contribution in [-0.4, -0.2) is 32.6 Å². The number of aryl methyl sites for hydroxylation is 1. The molecule has 0 fully saturated rings. The maximum atomic E-state index is 12.1. The van der Waals surface area contributed by atoms with Gasteiger partial charge in [-0.3, -0.25) is 9.59 Å². The van der Waals surface area contributed by atoms with Gasteiger partial charge in [-0.05, 0) is 19.1 Å². The van der Waals surface area contributed by atoms with Gasteiger partial charge in [-0.25, -0.2) is 0 Å². The molecule has 0 radical (unpaired) electrons. The van der Waals surface area contributed by atoms with E-state index in [0.717, 1.165) is 10.2 Å². The predicted octanol–water partition coefficient (Wildman–Crippen LogP) is 1.05. The zero-order chi connectivity index (χ0) is 14.1. The van der Waals surface area contributed by atoms with E-state index >= 15 is 0 Å². The molecule has 0 spiro atoms. The van der Waals surface area contributed by atoms with Gasteiger partial charge in [0.1, 0.15) is 12.4 Å². The van der Waals surface area contributed by atoms with Crippen molar-refractivity contribution in [1.82, 2.24) is 14.8 Å². The molecular weight excluding hydrogens is 258 g/mol. The quantitative estimate of drug-likeness (QED) is 0.852. The lowest BCUT2D eigenvalue weighted by molar-refractivity contribution is -0.117. The topological polar surface area (TPSA) is 88.9 Å². The zero-order valence-electron chi connectivity index (χ0n) is 10.8. The third-order valence-corrected chi connectivity index (χ3v) is 3.10. The molecule has 0 unspecified atom stereocenters. The van der Waals surface area contributed by atoms with Crippen LogP contribution in [0.25, 0.3) is 0 Å². The Kier molecular flexibility index (Phi) is 2.94. The normalized spacial score (nSPS) is 17.2. The first kappa shape index (κ1) is 12.3. The summed E-state index contributed by atoms with van der Waals surface area (Å²) >= 11 is 0. The zero-order valence-corrected chi connectivity index (χ0v) is 10.8. The molecule has 0 saturated carbocycles. The van der Waals surface area contributed by atoms with Gasteiger partial charge in [0.25, 0.3) is 5.91 Å². The van der Waals surface area contributed by atoms with Crippen LogP contribution in [0.5, 0.6) is 0 Å². The van der Waals surface area contributed by atoms with Crippen molar-refractivity contribution in [3.8, 4) is 0 Å². The first-order valence-corrected chi connectivity index (χ1v) is 6.21. The molecule has 1 aliphatic heterocycles. The fraction of sp³-hybridized carbons (Fsp3) is 0.231. The number of aromatic nitrogens is 3. The van der Waals surface area contributed by atoms with Gasteiger partial charge < -0.3 is 10.6 Å². The second-order valence-corrected chi connectivity index (χ2v) is 4.65. The minimum absolute atomic E-state index is 0.0497. The van der Waals surface area contributed by atoms with Crippen molar-refractivity contribution in [3.05, 3.63) is 36.2 Å². The second-order valence-electron chi connectivity index (χ2n) is 4.65. The average molecular weight is 271 g/mol. The molecule has 1 atom stereocenters. The molecule has 3 rings (SSSR count). The highest BCUT2D eigenvalue weighted by atomic mass is 16.2. The van der Waals surface area contributed by atoms with Gasteiger partial charge in [-0.2, -0.15) is 14.8 Å². The molecule has 20 heavy (non-hydrogen) atoms. The molecule has 7 heteroatoms. The van der Waals surface area contributed by atoms with Crippen LogP contribution in [0.3, 0.4) is 0 Å². The van der Waals surface area contributed by atoms with E-state index in [4.69, 9.17) is 0 Å². The summed E-state index contributed by atoms with van der Waals surface area (Å²) in [7, 11) is 0. The molecule has 1 amide bonds. The van der Waals surface area contributed by atoms with Crippen LogP contribution in [0.4, 0.5) is 11.6 Å². The van der Waals surface area contributed by atoms with Crippen molar-refractivity contribution >= 4 is 23.5 Å². The number of hydrogen-bond donors (Lipinski definition) is 2. The smallest absolute Gasteiger partial charge is 0.252 e. The molecule has 1 aromatic heterocycles. The van der Waals surface area contributed by atoms with Gasteiger partial charge in [-0.15, -0.1) is 0 Å². The second kappa shape index (κ2) is 4.76. The number of fused-ring (bicyclic) bond motifs is 1. The number of rotatable bonds is 2. The standard InChI is InChI=1S/C13H13N5O2/c1-8-2-4-9(5-3-8)16-12(20)10-6-11(19)18-13(17-10)14-7-15-18/h2-5,7,10H,6H2,1H3,(H,16,20)(H,14,15,17)/t10-/m0/s1. The highest BCUT2D eigenvalue weighted by Gasteiger charge is 2.30. The van der Waals surface area contributed by atoms with E-state index < -0.39 is 6.04 Å². The van der Waals surface area contributed by atoms with Crippen molar-refractivity contribution in [1.29, 1.82) is 0 Å². The first-order valence-electron chi connectivity index (χ1n) is 6.21. The van der Waals surface area contributed by atoms with Crippen molar-refractivity contribution in [2.24, 2.45) is 0 Å². The molecule has 7 nitrogen and oxygen atoms in total. The molecule has 0 saturated heterocycles. The van der Waals surface area contributed by atoms with Crippen LogP contribution in [-0.2, 0) is 4.79 Å². The molecule has 102 valence electrons. The van der Waals surface area contributed by atoms with Gasteiger partial charge >= 0.3 is 0 Å². The third-order valence-electron chi connectivity index (χ3n) is 3.10. The van der Waals surface area contributed by atoms with Crippen LogP contribution < -0.4 is 10.6 Å². The maximum Gasteiger partial charge on any atom is 0.252 e. The number of carbonyl (C=O) groups is 2. The lowest BCUT2D eigenvalue weighted by Crippen LogP contribution is -2.42. The molecule has 2 heterocycles. The largest absolute Gasteiger partial charge is 0.342 e. The van der Waals surface area contributed by atoms with E-state index in [9.17, 15) is 9.59 Å². The fourth-order valence-electron chi connectivity index (χ4n) is 2.01. The summed E-state index contributed by atoms with van der Waals surface area (Å²) in [6.45, 7) is 1.97. The Bertz CT molecular complexity index is 662. The Morgan fingerprint density at radius 2 is 2.15 bits per heavy atom. The Hall–Kier alpha value is -2.70. The number of nitrogens with zero attached hydrogens (tertiary/aromatic N) is 3. The minimum atomic E-state index is -0.638. The third kappa shape index (κ3) is 2.25. The van der Waals surface area contributed by atoms with Gasteiger partial charge in [0.05, 0.1) is 6.42 Å². The van der Waals surface area contributed by atoms with Gasteiger partial charge in [0, 0.05) is 5.69 Å². The molecular formula is C13H13N5O2. The summed E-state index contributed by atoms with van der Waals surface area (Å²) in [4.78, 5) is 27.8. The summed E-state index contributed by atoms with van der Waals surface area (Å²) < 4.78 is 1.16. The highest BCUT2D eigenvalue weighted by molar-refractivity contribution is 6.00. The van der Waals surface area contributed by atoms with E-state index in [-0.39, 0.29) is 18.2 Å². The lowest BCUT2D eigenvalue weighted by Gasteiger charge is -2.22. The number of hydrogen-bond acceptors (Lipinski definition) is 5.